The van der Waals surface area contributed by atoms with Gasteiger partial charge in [0.2, 0.25) is 11.8 Å². The summed E-state index contributed by atoms with van der Waals surface area (Å²) >= 11 is 0. The Bertz CT molecular complexity index is 955. The SMILES string of the molecule is COc1ccc(NC(=O)CN2CCC(C(=O)Nc3ccc(C)cc3OC)CC2)c(OC)c1. The molecule has 0 saturated carbocycles. The standard InChI is InChI=1S/C24H31N3O5/c1-16-5-7-20(21(13-16)31-3)26-24(29)17-9-11-27(12-10-17)15-23(28)25-19-8-6-18(30-2)14-22(19)32-4/h5-8,13-14,17H,9-12,15H2,1-4H3,(H,25,28)(H,26,29). The monoisotopic (exact) mass is 441 g/mol. The Morgan fingerprint density at radius 1 is 0.906 bits per heavy atom. The topological polar surface area (TPSA) is 89.1 Å². The number of likely N-dealkylation sites (tertiary alicyclic amines) is 1. The first kappa shape index (κ1) is 23.4. The zero-order chi connectivity index (χ0) is 23.1. The van der Waals surface area contributed by atoms with Crippen LogP contribution in [0.2, 0.25) is 0 Å². The average Bonchev–Trinajstić information content (AvgIpc) is 2.80. The fourth-order valence-corrected chi connectivity index (χ4v) is 3.78. The molecule has 0 bridgehead atoms. The largest absolute Gasteiger partial charge is 0.497 e. The van der Waals surface area contributed by atoms with E-state index >= 15 is 0 Å². The van der Waals surface area contributed by atoms with E-state index in [1.807, 2.05) is 25.1 Å². The maximum Gasteiger partial charge on any atom is 0.238 e. The van der Waals surface area contributed by atoms with Crippen molar-refractivity contribution in [1.82, 2.24) is 4.90 Å². The highest BCUT2D eigenvalue weighted by atomic mass is 16.5. The van der Waals surface area contributed by atoms with Crippen LogP contribution in [-0.4, -0.2) is 57.7 Å². The molecule has 0 unspecified atom stereocenters. The molecule has 1 heterocycles. The fraction of sp³-hybridized carbons (Fsp3) is 0.417. The molecule has 8 nitrogen and oxygen atoms in total. The van der Waals surface area contributed by atoms with Crippen molar-refractivity contribution in [2.45, 2.75) is 19.8 Å². The van der Waals surface area contributed by atoms with Crippen LogP contribution in [0.25, 0.3) is 0 Å². The molecule has 172 valence electrons. The van der Waals surface area contributed by atoms with E-state index in [0.717, 1.165) is 5.56 Å². The second kappa shape index (κ2) is 10.9. The van der Waals surface area contributed by atoms with Gasteiger partial charge in [-0.3, -0.25) is 14.5 Å². The minimum absolute atomic E-state index is 0.0146. The van der Waals surface area contributed by atoms with Crippen molar-refractivity contribution in [3.63, 3.8) is 0 Å². The molecule has 0 radical (unpaired) electrons. The molecule has 0 atom stereocenters. The number of methoxy groups -OCH3 is 3. The summed E-state index contributed by atoms with van der Waals surface area (Å²) in [7, 11) is 4.72. The molecule has 0 spiro atoms. The van der Waals surface area contributed by atoms with Crippen LogP contribution < -0.4 is 24.8 Å². The van der Waals surface area contributed by atoms with Crippen LogP contribution in [0.4, 0.5) is 11.4 Å². The highest BCUT2D eigenvalue weighted by Gasteiger charge is 2.26. The number of carbonyl (C=O) groups excluding carboxylic acids is 2. The predicted molar refractivity (Wildman–Crippen MR) is 124 cm³/mol. The summed E-state index contributed by atoms with van der Waals surface area (Å²) in [5, 5.41) is 5.87. The van der Waals surface area contributed by atoms with Gasteiger partial charge in [0, 0.05) is 12.0 Å². The molecule has 1 fully saturated rings. The highest BCUT2D eigenvalue weighted by molar-refractivity contribution is 5.95. The summed E-state index contributed by atoms with van der Waals surface area (Å²) in [5.74, 6) is 1.62. The minimum Gasteiger partial charge on any atom is -0.497 e. The quantitative estimate of drug-likeness (QED) is 0.653. The Kier molecular flexibility index (Phi) is 7.94. The number of hydrogen-bond acceptors (Lipinski definition) is 6. The summed E-state index contributed by atoms with van der Waals surface area (Å²) in [5.41, 5.74) is 2.34. The zero-order valence-electron chi connectivity index (χ0n) is 19.1. The van der Waals surface area contributed by atoms with E-state index in [9.17, 15) is 9.59 Å². The van der Waals surface area contributed by atoms with Gasteiger partial charge >= 0.3 is 0 Å². The lowest BCUT2D eigenvalue weighted by Gasteiger charge is -2.30. The number of anilines is 2. The number of carbonyl (C=O) groups is 2. The molecule has 1 aliphatic heterocycles. The third kappa shape index (κ3) is 5.91. The number of rotatable bonds is 8. The Labute approximate surface area is 188 Å². The molecule has 2 N–H and O–H groups in total. The minimum atomic E-state index is -0.124. The van der Waals surface area contributed by atoms with Gasteiger partial charge in [0.05, 0.1) is 39.2 Å². The van der Waals surface area contributed by atoms with Gasteiger partial charge < -0.3 is 24.8 Å². The van der Waals surface area contributed by atoms with E-state index in [1.54, 1.807) is 39.5 Å². The lowest BCUT2D eigenvalue weighted by Crippen LogP contribution is -2.41. The first-order valence-corrected chi connectivity index (χ1v) is 10.6. The molecule has 0 aromatic heterocycles. The van der Waals surface area contributed by atoms with Gasteiger partial charge in [0.15, 0.2) is 0 Å². The van der Waals surface area contributed by atoms with Crippen LogP contribution in [0.3, 0.4) is 0 Å². The van der Waals surface area contributed by atoms with Gasteiger partial charge in [0.25, 0.3) is 0 Å². The number of ether oxygens (including phenoxy) is 3. The van der Waals surface area contributed by atoms with Crippen LogP contribution in [0, 0.1) is 12.8 Å². The Hall–Kier alpha value is -3.26. The summed E-state index contributed by atoms with van der Waals surface area (Å²) in [6.07, 6.45) is 1.39. The number of nitrogens with zero attached hydrogens (tertiary/aromatic N) is 1. The number of nitrogens with one attached hydrogen (secondary N) is 2. The maximum absolute atomic E-state index is 12.7. The number of aryl methyl sites for hydroxylation is 1. The van der Waals surface area contributed by atoms with Crippen LogP contribution in [-0.2, 0) is 9.59 Å². The van der Waals surface area contributed by atoms with Crippen LogP contribution in [0.15, 0.2) is 36.4 Å². The fourth-order valence-electron chi connectivity index (χ4n) is 3.78. The van der Waals surface area contributed by atoms with Gasteiger partial charge in [-0.15, -0.1) is 0 Å². The molecule has 1 aliphatic rings. The van der Waals surface area contributed by atoms with E-state index < -0.39 is 0 Å². The van der Waals surface area contributed by atoms with Crippen molar-refractivity contribution in [2.75, 3.05) is 51.6 Å². The number of benzene rings is 2. The third-order valence-electron chi connectivity index (χ3n) is 5.62. The van der Waals surface area contributed by atoms with Gasteiger partial charge in [0.1, 0.15) is 17.2 Å². The highest BCUT2D eigenvalue weighted by Crippen LogP contribution is 2.29. The maximum atomic E-state index is 12.7. The molecule has 2 aromatic carbocycles. The third-order valence-corrected chi connectivity index (χ3v) is 5.62. The van der Waals surface area contributed by atoms with Crippen LogP contribution in [0.5, 0.6) is 17.2 Å². The molecular formula is C24H31N3O5. The summed E-state index contributed by atoms with van der Waals surface area (Å²) in [4.78, 5) is 27.3. The second-order valence-corrected chi connectivity index (χ2v) is 7.86. The smallest absolute Gasteiger partial charge is 0.238 e. The molecular weight excluding hydrogens is 410 g/mol. The van der Waals surface area contributed by atoms with E-state index in [4.69, 9.17) is 14.2 Å². The summed E-state index contributed by atoms with van der Waals surface area (Å²) < 4.78 is 15.9. The molecule has 32 heavy (non-hydrogen) atoms. The van der Waals surface area contributed by atoms with Gasteiger partial charge in [-0.25, -0.2) is 0 Å². The molecule has 2 amide bonds. The van der Waals surface area contributed by atoms with Gasteiger partial charge in [-0.1, -0.05) is 6.07 Å². The second-order valence-electron chi connectivity index (χ2n) is 7.86. The summed E-state index contributed by atoms with van der Waals surface area (Å²) in [6, 6.07) is 10.9. The van der Waals surface area contributed by atoms with E-state index in [2.05, 4.69) is 15.5 Å². The first-order chi connectivity index (χ1) is 15.4. The molecule has 0 aliphatic carbocycles. The van der Waals surface area contributed by atoms with Crippen molar-refractivity contribution < 1.29 is 23.8 Å². The Balaban J connectivity index is 1.49. The van der Waals surface area contributed by atoms with Crippen molar-refractivity contribution in [2.24, 2.45) is 5.92 Å². The lowest BCUT2D eigenvalue weighted by atomic mass is 9.95. The van der Waals surface area contributed by atoms with Crippen molar-refractivity contribution in [1.29, 1.82) is 0 Å². The molecule has 1 saturated heterocycles. The van der Waals surface area contributed by atoms with E-state index in [-0.39, 0.29) is 24.3 Å². The van der Waals surface area contributed by atoms with Crippen LogP contribution >= 0.6 is 0 Å². The Morgan fingerprint density at radius 3 is 2.19 bits per heavy atom. The molecule has 8 heteroatoms. The average molecular weight is 442 g/mol. The normalized spacial score (nSPS) is 14.5. The lowest BCUT2D eigenvalue weighted by molar-refractivity contribution is -0.121. The predicted octanol–water partition coefficient (Wildman–Crippen LogP) is 3.31. The van der Waals surface area contributed by atoms with Crippen molar-refractivity contribution >= 4 is 23.2 Å². The Morgan fingerprint density at radius 2 is 1.53 bits per heavy atom. The summed E-state index contributed by atoms with van der Waals surface area (Å²) in [6.45, 7) is 3.59. The van der Waals surface area contributed by atoms with E-state index in [0.29, 0.717) is 54.6 Å². The zero-order valence-corrected chi connectivity index (χ0v) is 19.1. The van der Waals surface area contributed by atoms with Crippen molar-refractivity contribution in [3.8, 4) is 17.2 Å². The number of piperidine rings is 1. The van der Waals surface area contributed by atoms with E-state index in [1.165, 1.54) is 0 Å². The molecule has 2 aromatic rings. The van der Waals surface area contributed by atoms with Gasteiger partial charge in [-0.05, 0) is 62.7 Å². The molecule has 3 rings (SSSR count). The van der Waals surface area contributed by atoms with Gasteiger partial charge in [-0.2, -0.15) is 0 Å². The number of amides is 2. The van der Waals surface area contributed by atoms with Crippen molar-refractivity contribution in [3.05, 3.63) is 42.0 Å². The first-order valence-electron chi connectivity index (χ1n) is 10.6. The number of hydrogen-bond donors (Lipinski definition) is 2. The van der Waals surface area contributed by atoms with Crippen LogP contribution in [0.1, 0.15) is 18.4 Å².